The molecule has 0 amide bonds. The summed E-state index contributed by atoms with van der Waals surface area (Å²) in [6.45, 7) is 3.32. The molecule has 0 spiro atoms. The summed E-state index contributed by atoms with van der Waals surface area (Å²) in [5.74, 6) is -4.78. The maximum absolute atomic E-state index is 13.0. The van der Waals surface area contributed by atoms with Crippen molar-refractivity contribution in [3.63, 3.8) is 0 Å². The van der Waals surface area contributed by atoms with Crippen molar-refractivity contribution in [2.24, 2.45) is 11.8 Å². The van der Waals surface area contributed by atoms with Crippen LogP contribution >= 0.6 is 0 Å². The van der Waals surface area contributed by atoms with Crippen molar-refractivity contribution in [3.8, 4) is 0 Å². The second-order valence-corrected chi connectivity index (χ2v) is 6.43. The van der Waals surface area contributed by atoms with Gasteiger partial charge in [-0.15, -0.1) is 0 Å². The van der Waals surface area contributed by atoms with E-state index in [-0.39, 0.29) is 6.92 Å². The first kappa shape index (κ1) is 22.9. The molecule has 0 aromatic heterocycles. The van der Waals surface area contributed by atoms with E-state index in [1.54, 1.807) is 0 Å². The van der Waals surface area contributed by atoms with E-state index >= 15 is 0 Å². The van der Waals surface area contributed by atoms with Crippen molar-refractivity contribution < 1.29 is 54.5 Å². The van der Waals surface area contributed by atoms with Gasteiger partial charge in [0.1, 0.15) is 0 Å². The Morgan fingerprint density at radius 1 is 0.808 bits per heavy atom. The summed E-state index contributed by atoms with van der Waals surface area (Å²) in [5, 5.41) is 19.2. The van der Waals surface area contributed by atoms with Gasteiger partial charge in [0.2, 0.25) is 0 Å². The summed E-state index contributed by atoms with van der Waals surface area (Å²) < 4.78 is 122. The SMILES string of the molecule is C=COC1CC(C(C)(O)C(F)(F)F)CC(C(O)(C(F)(F)F)C(F)(F)F)C1. The lowest BCUT2D eigenvalue weighted by molar-refractivity contribution is -0.391. The van der Waals surface area contributed by atoms with Gasteiger partial charge in [0.25, 0.3) is 5.60 Å². The molecule has 1 fully saturated rings. The molecule has 2 N–H and O–H groups in total. The van der Waals surface area contributed by atoms with Crippen molar-refractivity contribution in [1.29, 1.82) is 0 Å². The highest BCUT2D eigenvalue weighted by Gasteiger charge is 2.74. The Morgan fingerprint density at radius 3 is 1.58 bits per heavy atom. The number of aliphatic hydroxyl groups is 2. The predicted molar refractivity (Wildman–Crippen MR) is 69.6 cm³/mol. The Hall–Kier alpha value is -1.17. The quantitative estimate of drug-likeness (QED) is 0.548. The van der Waals surface area contributed by atoms with E-state index in [0.717, 1.165) is 0 Å². The largest absolute Gasteiger partial charge is 0.499 e. The molecule has 0 heterocycles. The predicted octanol–water partition coefficient (Wildman–Crippen LogP) is 4.10. The normalized spacial score (nSPS) is 28.4. The van der Waals surface area contributed by atoms with E-state index in [1.165, 1.54) is 0 Å². The molecule has 26 heavy (non-hydrogen) atoms. The zero-order valence-corrected chi connectivity index (χ0v) is 13.3. The van der Waals surface area contributed by atoms with Crippen LogP contribution in [0.25, 0.3) is 0 Å². The summed E-state index contributed by atoms with van der Waals surface area (Å²) in [6.07, 6.45) is -21.6. The Bertz CT molecular complexity index is 493. The molecular formula is C14H17F9O3. The fraction of sp³-hybridized carbons (Fsp3) is 0.857. The van der Waals surface area contributed by atoms with Gasteiger partial charge in [0, 0.05) is 11.8 Å². The lowest BCUT2D eigenvalue weighted by atomic mass is 9.66. The molecule has 1 aliphatic rings. The van der Waals surface area contributed by atoms with Gasteiger partial charge in [-0.1, -0.05) is 6.58 Å². The van der Waals surface area contributed by atoms with Crippen LogP contribution in [0.3, 0.4) is 0 Å². The van der Waals surface area contributed by atoms with Crippen molar-refractivity contribution in [3.05, 3.63) is 12.8 Å². The molecule has 0 bridgehead atoms. The van der Waals surface area contributed by atoms with Gasteiger partial charge in [0.05, 0.1) is 12.4 Å². The van der Waals surface area contributed by atoms with Gasteiger partial charge in [-0.2, -0.15) is 39.5 Å². The second kappa shape index (κ2) is 6.77. The Kier molecular flexibility index (Phi) is 5.96. The minimum atomic E-state index is -6.19. The summed E-state index contributed by atoms with van der Waals surface area (Å²) >= 11 is 0. The van der Waals surface area contributed by atoms with Gasteiger partial charge in [0.15, 0.2) is 5.60 Å². The standard InChI is InChI=1S/C14H17F9O3/c1-3-26-9-5-7(10(2,24)12(15,16)17)4-8(6-9)11(25,13(18,19)20)14(21,22)23/h3,7-9,24-25H,1,4-6H2,2H3. The molecule has 0 radical (unpaired) electrons. The number of halogens is 9. The van der Waals surface area contributed by atoms with Crippen molar-refractivity contribution in [2.45, 2.75) is 62.0 Å². The summed E-state index contributed by atoms with van der Waals surface area (Å²) in [5.41, 5.74) is -8.82. The Balaban J connectivity index is 3.39. The lowest BCUT2D eigenvalue weighted by Gasteiger charge is -2.47. The number of alkyl halides is 9. The van der Waals surface area contributed by atoms with Gasteiger partial charge in [-0.05, 0) is 26.2 Å². The van der Waals surface area contributed by atoms with E-state index in [2.05, 4.69) is 6.58 Å². The molecule has 0 aliphatic heterocycles. The number of hydrogen-bond acceptors (Lipinski definition) is 3. The highest BCUT2D eigenvalue weighted by molar-refractivity contribution is 5.05. The molecule has 12 heteroatoms. The van der Waals surface area contributed by atoms with Gasteiger partial charge >= 0.3 is 18.5 Å². The van der Waals surface area contributed by atoms with Crippen molar-refractivity contribution in [1.82, 2.24) is 0 Å². The average Bonchev–Trinajstić information content (AvgIpc) is 2.42. The number of rotatable bonds is 4. The molecule has 4 unspecified atom stereocenters. The van der Waals surface area contributed by atoms with Crippen molar-refractivity contribution in [2.75, 3.05) is 0 Å². The summed E-state index contributed by atoms with van der Waals surface area (Å²) in [4.78, 5) is 0. The first-order chi connectivity index (χ1) is 11.4. The molecule has 0 saturated heterocycles. The number of hydrogen-bond donors (Lipinski definition) is 2. The monoisotopic (exact) mass is 404 g/mol. The third-order valence-electron chi connectivity index (χ3n) is 4.78. The third-order valence-corrected chi connectivity index (χ3v) is 4.78. The van der Waals surface area contributed by atoms with Crippen LogP contribution < -0.4 is 0 Å². The first-order valence-electron chi connectivity index (χ1n) is 7.30. The van der Waals surface area contributed by atoms with Crippen LogP contribution in [-0.2, 0) is 4.74 Å². The van der Waals surface area contributed by atoms with Crippen LogP contribution in [0.2, 0.25) is 0 Å². The van der Waals surface area contributed by atoms with E-state index in [0.29, 0.717) is 6.26 Å². The van der Waals surface area contributed by atoms with Crippen LogP contribution in [-0.4, -0.2) is 46.0 Å². The first-order valence-corrected chi connectivity index (χ1v) is 7.30. The highest BCUT2D eigenvalue weighted by Crippen LogP contribution is 2.55. The fourth-order valence-electron chi connectivity index (χ4n) is 3.17. The van der Waals surface area contributed by atoms with E-state index in [9.17, 15) is 49.7 Å². The summed E-state index contributed by atoms with van der Waals surface area (Å²) in [6, 6.07) is 0. The Labute approximate surface area is 142 Å². The molecule has 3 nitrogen and oxygen atoms in total. The van der Waals surface area contributed by atoms with Crippen LogP contribution in [0.5, 0.6) is 0 Å². The van der Waals surface area contributed by atoms with E-state index in [4.69, 9.17) is 4.74 Å². The third kappa shape index (κ3) is 3.90. The minimum absolute atomic E-state index is 0.255. The fourth-order valence-corrected chi connectivity index (χ4v) is 3.17. The molecule has 154 valence electrons. The number of ether oxygens (including phenoxy) is 1. The molecule has 0 aromatic rings. The van der Waals surface area contributed by atoms with Gasteiger partial charge in [-0.25, -0.2) is 0 Å². The minimum Gasteiger partial charge on any atom is -0.499 e. The second-order valence-electron chi connectivity index (χ2n) is 6.43. The zero-order valence-electron chi connectivity index (χ0n) is 13.3. The lowest BCUT2D eigenvalue weighted by Crippen LogP contribution is -2.64. The molecule has 4 atom stereocenters. The van der Waals surface area contributed by atoms with Crippen LogP contribution in [0.15, 0.2) is 12.8 Å². The average molecular weight is 404 g/mol. The maximum atomic E-state index is 13.0. The van der Waals surface area contributed by atoms with E-state index < -0.39 is 66.9 Å². The van der Waals surface area contributed by atoms with Crippen LogP contribution in [0, 0.1) is 11.8 Å². The molecule has 0 aromatic carbocycles. The maximum Gasteiger partial charge on any atom is 0.426 e. The molecule has 1 rings (SSSR count). The Morgan fingerprint density at radius 2 is 1.23 bits per heavy atom. The zero-order chi connectivity index (χ0) is 20.8. The van der Waals surface area contributed by atoms with Crippen LogP contribution in [0.4, 0.5) is 39.5 Å². The van der Waals surface area contributed by atoms with Gasteiger partial charge in [-0.3, -0.25) is 0 Å². The molecule has 1 aliphatic carbocycles. The van der Waals surface area contributed by atoms with Crippen molar-refractivity contribution >= 4 is 0 Å². The molecule has 1 saturated carbocycles. The highest BCUT2D eigenvalue weighted by atomic mass is 19.4. The summed E-state index contributed by atoms with van der Waals surface area (Å²) in [7, 11) is 0. The van der Waals surface area contributed by atoms with E-state index in [1.807, 2.05) is 0 Å². The molecular weight excluding hydrogens is 387 g/mol. The van der Waals surface area contributed by atoms with Crippen LogP contribution in [0.1, 0.15) is 26.2 Å². The van der Waals surface area contributed by atoms with Gasteiger partial charge < -0.3 is 14.9 Å². The smallest absolute Gasteiger partial charge is 0.426 e. The topological polar surface area (TPSA) is 49.7 Å².